The van der Waals surface area contributed by atoms with Crippen LogP contribution in [-0.4, -0.2) is 21.1 Å². The molecule has 5 heteroatoms. The summed E-state index contributed by atoms with van der Waals surface area (Å²) in [6, 6.07) is 3.98. The third kappa shape index (κ3) is 1.45. The van der Waals surface area contributed by atoms with Gasteiger partial charge >= 0.3 is 0 Å². The number of hydrogen-bond acceptors (Lipinski definition) is 3. The van der Waals surface area contributed by atoms with Crippen LogP contribution in [0.15, 0.2) is 23.1 Å². The van der Waals surface area contributed by atoms with E-state index >= 15 is 0 Å². The fourth-order valence-electron chi connectivity index (χ4n) is 1.29. The molecule has 0 aromatic carbocycles. The van der Waals surface area contributed by atoms with Gasteiger partial charge in [-0.05, 0) is 40.5 Å². The second-order valence-electron chi connectivity index (χ2n) is 2.73. The lowest BCUT2D eigenvalue weighted by Crippen LogP contribution is -2.04. The van der Waals surface area contributed by atoms with Gasteiger partial charge in [-0.1, -0.05) is 6.07 Å². The second kappa shape index (κ2) is 3.43. The minimum atomic E-state index is 0.629. The van der Waals surface area contributed by atoms with Crippen molar-refractivity contribution in [3.05, 3.63) is 28.6 Å². The summed E-state index contributed by atoms with van der Waals surface area (Å²) < 4.78 is 2.62. The number of aromatic nitrogens is 3. The highest BCUT2D eigenvalue weighted by Gasteiger charge is 2.05. The first-order valence-corrected chi connectivity index (χ1v) is 4.80. The van der Waals surface area contributed by atoms with Crippen molar-refractivity contribution >= 4 is 21.6 Å². The van der Waals surface area contributed by atoms with Gasteiger partial charge < -0.3 is 5.73 Å². The van der Waals surface area contributed by atoms with Gasteiger partial charge in [0.15, 0.2) is 5.65 Å². The largest absolute Gasteiger partial charge is 0.330 e. The Morgan fingerprint density at radius 3 is 3.08 bits per heavy atom. The van der Waals surface area contributed by atoms with Crippen LogP contribution in [0.4, 0.5) is 0 Å². The molecule has 2 heterocycles. The number of pyridine rings is 1. The quantitative estimate of drug-likeness (QED) is 0.853. The van der Waals surface area contributed by atoms with E-state index in [1.54, 1.807) is 0 Å². The average Bonchev–Trinajstić information content (AvgIpc) is 2.50. The predicted octanol–water partition coefficient (Wildman–Crippen LogP) is 0.993. The molecule has 68 valence electrons. The smallest absolute Gasteiger partial charge is 0.204 e. The standard InChI is InChI=1S/C8H9BrN4/c9-8-12-11-7-6(3-4-10)2-1-5-13(7)8/h1-2,5H,3-4,10H2. The van der Waals surface area contributed by atoms with Crippen LogP contribution >= 0.6 is 15.9 Å². The average molecular weight is 241 g/mol. The molecule has 4 nitrogen and oxygen atoms in total. The number of hydrogen-bond donors (Lipinski definition) is 1. The zero-order valence-electron chi connectivity index (χ0n) is 6.94. The Morgan fingerprint density at radius 1 is 1.46 bits per heavy atom. The normalized spacial score (nSPS) is 10.9. The monoisotopic (exact) mass is 240 g/mol. The maximum atomic E-state index is 5.49. The fourth-order valence-corrected chi connectivity index (χ4v) is 1.66. The lowest BCUT2D eigenvalue weighted by Gasteiger charge is -1.99. The molecule has 2 aromatic heterocycles. The molecule has 13 heavy (non-hydrogen) atoms. The molecule has 2 N–H and O–H groups in total. The Balaban J connectivity index is 2.63. The van der Waals surface area contributed by atoms with E-state index < -0.39 is 0 Å². The Bertz CT molecular complexity index is 423. The van der Waals surface area contributed by atoms with Crippen molar-refractivity contribution in [1.82, 2.24) is 14.6 Å². The summed E-state index contributed by atoms with van der Waals surface area (Å²) >= 11 is 3.31. The Morgan fingerprint density at radius 2 is 2.31 bits per heavy atom. The van der Waals surface area contributed by atoms with Gasteiger partial charge in [0.25, 0.3) is 0 Å². The van der Waals surface area contributed by atoms with E-state index in [9.17, 15) is 0 Å². The summed E-state index contributed by atoms with van der Waals surface area (Å²) in [7, 11) is 0. The van der Waals surface area contributed by atoms with E-state index in [0.717, 1.165) is 22.4 Å². The molecule has 0 aliphatic heterocycles. The Kier molecular flexibility index (Phi) is 2.28. The zero-order chi connectivity index (χ0) is 9.26. The van der Waals surface area contributed by atoms with Crippen LogP contribution < -0.4 is 5.73 Å². The zero-order valence-corrected chi connectivity index (χ0v) is 8.53. The molecule has 0 aliphatic rings. The molecule has 0 aliphatic carbocycles. The summed E-state index contributed by atoms with van der Waals surface area (Å²) in [6.07, 6.45) is 2.74. The van der Waals surface area contributed by atoms with E-state index in [2.05, 4.69) is 26.1 Å². The van der Waals surface area contributed by atoms with Gasteiger partial charge in [0.2, 0.25) is 4.73 Å². The molecule has 0 bridgehead atoms. The number of nitrogens with zero attached hydrogens (tertiary/aromatic N) is 3. The second-order valence-corrected chi connectivity index (χ2v) is 3.44. The maximum absolute atomic E-state index is 5.49. The van der Waals surface area contributed by atoms with Crippen molar-refractivity contribution in [1.29, 1.82) is 0 Å². The molecule has 0 atom stereocenters. The number of fused-ring (bicyclic) bond motifs is 1. The van der Waals surface area contributed by atoms with Crippen LogP contribution in [0.3, 0.4) is 0 Å². The molecule has 0 fully saturated rings. The number of halogens is 1. The lowest BCUT2D eigenvalue weighted by molar-refractivity contribution is 0.958. The van der Waals surface area contributed by atoms with E-state index in [0.29, 0.717) is 6.54 Å². The van der Waals surface area contributed by atoms with Gasteiger partial charge in [0.05, 0.1) is 0 Å². The summed E-state index contributed by atoms with van der Waals surface area (Å²) in [5.41, 5.74) is 7.49. The summed E-state index contributed by atoms with van der Waals surface area (Å²) in [4.78, 5) is 0. The van der Waals surface area contributed by atoms with E-state index in [-0.39, 0.29) is 0 Å². The van der Waals surface area contributed by atoms with Crippen molar-refractivity contribution < 1.29 is 0 Å². The third-order valence-electron chi connectivity index (χ3n) is 1.89. The number of nitrogens with two attached hydrogens (primary N) is 1. The molecule has 2 rings (SSSR count). The van der Waals surface area contributed by atoms with Crippen molar-refractivity contribution in [2.45, 2.75) is 6.42 Å². The summed E-state index contributed by atoms with van der Waals surface area (Å²) in [5, 5.41) is 7.97. The molecular weight excluding hydrogens is 232 g/mol. The van der Waals surface area contributed by atoms with Crippen LogP contribution in [0, 0.1) is 0 Å². The molecule has 0 saturated carbocycles. The van der Waals surface area contributed by atoms with Crippen molar-refractivity contribution in [3.8, 4) is 0 Å². The molecule has 0 unspecified atom stereocenters. The topological polar surface area (TPSA) is 56.2 Å². The highest BCUT2D eigenvalue weighted by Crippen LogP contribution is 2.13. The first-order valence-electron chi connectivity index (χ1n) is 4.01. The van der Waals surface area contributed by atoms with Crippen LogP contribution in [0.1, 0.15) is 5.56 Å². The van der Waals surface area contributed by atoms with E-state index in [1.807, 2.05) is 22.7 Å². The highest BCUT2D eigenvalue weighted by atomic mass is 79.9. The summed E-state index contributed by atoms with van der Waals surface area (Å²) in [5.74, 6) is 0. The Hall–Kier alpha value is -0.940. The maximum Gasteiger partial charge on any atom is 0.204 e. The molecule has 0 spiro atoms. The lowest BCUT2D eigenvalue weighted by atomic mass is 10.2. The predicted molar refractivity (Wildman–Crippen MR) is 53.4 cm³/mol. The van der Waals surface area contributed by atoms with Gasteiger partial charge in [0.1, 0.15) is 0 Å². The van der Waals surface area contributed by atoms with Crippen LogP contribution in [0.2, 0.25) is 0 Å². The molecule has 0 saturated heterocycles. The highest BCUT2D eigenvalue weighted by molar-refractivity contribution is 9.10. The molecule has 2 aromatic rings. The fraction of sp³-hybridized carbons (Fsp3) is 0.250. The minimum Gasteiger partial charge on any atom is -0.330 e. The molecule has 0 radical (unpaired) electrons. The van der Waals surface area contributed by atoms with Crippen molar-refractivity contribution in [2.75, 3.05) is 6.54 Å². The Labute approximate surface area is 83.9 Å². The molecular formula is C8H9BrN4. The SMILES string of the molecule is NCCc1cccn2c(Br)nnc12. The first-order chi connectivity index (χ1) is 6.33. The first kappa shape index (κ1) is 8.65. The van der Waals surface area contributed by atoms with Gasteiger partial charge in [-0.15, -0.1) is 10.2 Å². The van der Waals surface area contributed by atoms with Gasteiger partial charge in [-0.3, -0.25) is 4.40 Å². The van der Waals surface area contributed by atoms with E-state index in [4.69, 9.17) is 5.73 Å². The van der Waals surface area contributed by atoms with Gasteiger partial charge in [-0.25, -0.2) is 0 Å². The minimum absolute atomic E-state index is 0.629. The van der Waals surface area contributed by atoms with Crippen molar-refractivity contribution in [2.24, 2.45) is 5.73 Å². The summed E-state index contributed by atoms with van der Waals surface area (Å²) in [6.45, 7) is 0.629. The number of rotatable bonds is 2. The van der Waals surface area contributed by atoms with Crippen LogP contribution in [0.25, 0.3) is 5.65 Å². The van der Waals surface area contributed by atoms with Crippen LogP contribution in [-0.2, 0) is 6.42 Å². The van der Waals surface area contributed by atoms with Crippen LogP contribution in [0.5, 0.6) is 0 Å². The molecule has 0 amide bonds. The van der Waals surface area contributed by atoms with Crippen molar-refractivity contribution in [3.63, 3.8) is 0 Å². The van der Waals surface area contributed by atoms with Gasteiger partial charge in [-0.2, -0.15) is 0 Å². The van der Waals surface area contributed by atoms with Gasteiger partial charge in [0, 0.05) is 6.20 Å². The van der Waals surface area contributed by atoms with E-state index in [1.165, 1.54) is 0 Å². The third-order valence-corrected chi connectivity index (χ3v) is 2.43.